The summed E-state index contributed by atoms with van der Waals surface area (Å²) in [6.45, 7) is 9.69. The first-order chi connectivity index (χ1) is 6.91. The molecule has 3 N–H and O–H groups in total. The van der Waals surface area contributed by atoms with Crippen molar-refractivity contribution in [3.05, 3.63) is 0 Å². The zero-order valence-electron chi connectivity index (χ0n) is 10.2. The average molecular weight is 213 g/mol. The molecule has 0 aromatic heterocycles. The molecule has 0 aromatic carbocycles. The molecule has 0 radical (unpaired) electrons. The van der Waals surface area contributed by atoms with E-state index in [1.165, 1.54) is 0 Å². The van der Waals surface area contributed by atoms with E-state index >= 15 is 0 Å². The Morgan fingerprint density at radius 3 is 2.20 bits per heavy atom. The molecule has 1 amide bonds. The molecule has 15 heavy (non-hydrogen) atoms. The highest BCUT2D eigenvalue weighted by Gasteiger charge is 2.29. The van der Waals surface area contributed by atoms with E-state index in [1.54, 1.807) is 0 Å². The molecule has 1 fully saturated rings. The molecule has 0 saturated carbocycles. The van der Waals surface area contributed by atoms with Crippen molar-refractivity contribution in [3.63, 3.8) is 0 Å². The van der Waals surface area contributed by atoms with Gasteiger partial charge in [-0.2, -0.15) is 0 Å². The van der Waals surface area contributed by atoms with Crippen molar-refractivity contribution in [2.45, 2.75) is 45.8 Å². The zero-order valence-corrected chi connectivity index (χ0v) is 10.2. The van der Waals surface area contributed by atoms with Gasteiger partial charge in [-0.15, -0.1) is 0 Å². The van der Waals surface area contributed by atoms with Gasteiger partial charge < -0.3 is 16.0 Å². The number of nitrogens with one attached hydrogen (secondary N) is 1. The summed E-state index contributed by atoms with van der Waals surface area (Å²) in [5.41, 5.74) is 5.87. The molecule has 1 aliphatic rings. The second kappa shape index (κ2) is 4.94. The van der Waals surface area contributed by atoms with E-state index in [2.05, 4.69) is 19.2 Å². The normalized spacial score (nSPS) is 29.3. The topological polar surface area (TPSA) is 58.4 Å². The van der Waals surface area contributed by atoms with Gasteiger partial charge in [-0.1, -0.05) is 13.8 Å². The molecule has 88 valence electrons. The molecule has 4 nitrogen and oxygen atoms in total. The lowest BCUT2D eigenvalue weighted by Crippen LogP contribution is -2.59. The second-order valence-electron chi connectivity index (χ2n) is 4.98. The molecule has 0 bridgehead atoms. The molecule has 4 heteroatoms. The van der Waals surface area contributed by atoms with Gasteiger partial charge in [-0.3, -0.25) is 4.79 Å². The zero-order chi connectivity index (χ0) is 11.6. The first kappa shape index (κ1) is 12.5. The molecule has 1 rings (SSSR count). The summed E-state index contributed by atoms with van der Waals surface area (Å²) < 4.78 is 0. The van der Waals surface area contributed by atoms with E-state index in [-0.39, 0.29) is 17.9 Å². The first-order valence-corrected chi connectivity index (χ1v) is 5.72. The number of hydrogen-bond acceptors (Lipinski definition) is 3. The quantitative estimate of drug-likeness (QED) is 0.688. The maximum absolute atomic E-state index is 12.0. The molecule has 1 saturated heterocycles. The monoisotopic (exact) mass is 213 g/mol. The van der Waals surface area contributed by atoms with Crippen molar-refractivity contribution in [2.75, 3.05) is 13.1 Å². The second-order valence-corrected chi connectivity index (χ2v) is 4.98. The molecule has 0 spiro atoms. The van der Waals surface area contributed by atoms with Crippen molar-refractivity contribution >= 4 is 5.91 Å². The van der Waals surface area contributed by atoms with E-state index in [9.17, 15) is 4.79 Å². The predicted molar refractivity (Wildman–Crippen MR) is 61.5 cm³/mol. The third kappa shape index (κ3) is 3.18. The number of rotatable bonds is 2. The summed E-state index contributed by atoms with van der Waals surface area (Å²) in [7, 11) is 0. The van der Waals surface area contributed by atoms with Crippen LogP contribution in [-0.4, -0.2) is 42.0 Å². The molecule has 0 aromatic rings. The van der Waals surface area contributed by atoms with Crippen LogP contribution in [0.5, 0.6) is 0 Å². The van der Waals surface area contributed by atoms with E-state index in [4.69, 9.17) is 5.73 Å². The minimum atomic E-state index is -0.359. The smallest absolute Gasteiger partial charge is 0.239 e. The Balaban J connectivity index is 2.59. The van der Waals surface area contributed by atoms with E-state index < -0.39 is 0 Å². The van der Waals surface area contributed by atoms with Gasteiger partial charge in [0.25, 0.3) is 0 Å². The van der Waals surface area contributed by atoms with Crippen LogP contribution in [0.1, 0.15) is 27.7 Å². The van der Waals surface area contributed by atoms with Gasteiger partial charge in [-0.05, 0) is 19.8 Å². The maximum Gasteiger partial charge on any atom is 0.239 e. The van der Waals surface area contributed by atoms with Crippen LogP contribution in [-0.2, 0) is 4.79 Å². The lowest BCUT2D eigenvalue weighted by atomic mass is 10.0. The molecule has 2 unspecified atom stereocenters. The first-order valence-electron chi connectivity index (χ1n) is 5.72. The lowest BCUT2D eigenvalue weighted by molar-refractivity contribution is -0.135. The van der Waals surface area contributed by atoms with E-state index in [0.717, 1.165) is 13.1 Å². The molecule has 3 atom stereocenters. The van der Waals surface area contributed by atoms with E-state index in [0.29, 0.717) is 12.1 Å². The van der Waals surface area contributed by atoms with Crippen molar-refractivity contribution in [1.29, 1.82) is 0 Å². The number of carbonyl (C=O) groups excluding carboxylic acids is 1. The third-order valence-corrected chi connectivity index (χ3v) is 2.87. The van der Waals surface area contributed by atoms with Crippen LogP contribution in [0.4, 0.5) is 0 Å². The van der Waals surface area contributed by atoms with Gasteiger partial charge in [0.1, 0.15) is 0 Å². The van der Waals surface area contributed by atoms with Crippen molar-refractivity contribution in [2.24, 2.45) is 11.7 Å². The Kier molecular flexibility index (Phi) is 4.11. The fraction of sp³-hybridized carbons (Fsp3) is 0.909. The third-order valence-electron chi connectivity index (χ3n) is 2.87. The van der Waals surface area contributed by atoms with Crippen LogP contribution in [0, 0.1) is 5.92 Å². The van der Waals surface area contributed by atoms with Gasteiger partial charge in [0.2, 0.25) is 5.91 Å². The van der Waals surface area contributed by atoms with E-state index in [1.807, 2.05) is 18.7 Å². The number of amides is 1. The highest BCUT2D eigenvalue weighted by Crippen LogP contribution is 2.09. The Hall–Kier alpha value is -0.610. The highest BCUT2D eigenvalue weighted by molar-refractivity contribution is 5.82. The molecule has 1 aliphatic heterocycles. The number of nitrogens with two attached hydrogens (primary N) is 1. The number of nitrogens with zero attached hydrogens (tertiary/aromatic N) is 1. The van der Waals surface area contributed by atoms with Crippen LogP contribution in [0.2, 0.25) is 0 Å². The van der Waals surface area contributed by atoms with Crippen LogP contribution in [0.3, 0.4) is 0 Å². The van der Waals surface area contributed by atoms with Crippen LogP contribution in [0.15, 0.2) is 0 Å². The van der Waals surface area contributed by atoms with Crippen LogP contribution >= 0.6 is 0 Å². The van der Waals surface area contributed by atoms with Gasteiger partial charge in [0.15, 0.2) is 0 Å². The SMILES string of the molecule is CC1CN(C(=O)[C@@H](N)C(C)C)CC(C)N1. The van der Waals surface area contributed by atoms with Crippen molar-refractivity contribution in [3.8, 4) is 0 Å². The van der Waals surface area contributed by atoms with Gasteiger partial charge >= 0.3 is 0 Å². The Labute approximate surface area is 92.2 Å². The van der Waals surface area contributed by atoms with Gasteiger partial charge in [0, 0.05) is 25.2 Å². The molecule has 1 heterocycles. The van der Waals surface area contributed by atoms with Crippen LogP contribution in [0.25, 0.3) is 0 Å². The predicted octanol–water partition coefficient (Wildman–Crippen LogP) is 0.179. The Morgan fingerprint density at radius 1 is 1.33 bits per heavy atom. The fourth-order valence-corrected chi connectivity index (χ4v) is 2.00. The lowest BCUT2D eigenvalue weighted by Gasteiger charge is -2.37. The summed E-state index contributed by atoms with van der Waals surface area (Å²) in [6.07, 6.45) is 0. The van der Waals surface area contributed by atoms with Crippen LogP contribution < -0.4 is 11.1 Å². The molecular weight excluding hydrogens is 190 g/mol. The van der Waals surface area contributed by atoms with Gasteiger partial charge in [0.05, 0.1) is 6.04 Å². The molecular formula is C11H23N3O. The average Bonchev–Trinajstić information content (AvgIpc) is 2.13. The van der Waals surface area contributed by atoms with Gasteiger partial charge in [-0.25, -0.2) is 0 Å². The Bertz CT molecular complexity index is 220. The Morgan fingerprint density at radius 2 is 1.80 bits per heavy atom. The summed E-state index contributed by atoms with van der Waals surface area (Å²) >= 11 is 0. The fourth-order valence-electron chi connectivity index (χ4n) is 2.00. The minimum absolute atomic E-state index is 0.0881. The number of carbonyl (C=O) groups is 1. The summed E-state index contributed by atoms with van der Waals surface area (Å²) in [5, 5.41) is 3.40. The highest BCUT2D eigenvalue weighted by atomic mass is 16.2. The summed E-state index contributed by atoms with van der Waals surface area (Å²) in [6, 6.07) is 0.358. The summed E-state index contributed by atoms with van der Waals surface area (Å²) in [4.78, 5) is 13.9. The largest absolute Gasteiger partial charge is 0.338 e. The number of hydrogen-bond donors (Lipinski definition) is 2. The maximum atomic E-state index is 12.0. The standard InChI is InChI=1S/C11H23N3O/c1-7(2)10(12)11(15)14-5-8(3)13-9(4)6-14/h7-10,13H,5-6,12H2,1-4H3/t8?,9?,10-/m0/s1. The summed E-state index contributed by atoms with van der Waals surface area (Å²) in [5.74, 6) is 0.295. The molecule has 0 aliphatic carbocycles. The van der Waals surface area contributed by atoms with Crippen molar-refractivity contribution < 1.29 is 4.79 Å². The van der Waals surface area contributed by atoms with Crippen molar-refractivity contribution in [1.82, 2.24) is 10.2 Å². The minimum Gasteiger partial charge on any atom is -0.338 e. The number of piperazine rings is 1.